The second-order valence-electron chi connectivity index (χ2n) is 5.90. The molecule has 0 spiro atoms. The van der Waals surface area contributed by atoms with Gasteiger partial charge in [0.15, 0.2) is 11.1 Å². The molecule has 0 radical (unpaired) electrons. The predicted octanol–water partition coefficient (Wildman–Crippen LogP) is -4.79. The molecule has 0 aromatic rings. The number of amides is 1. The molecule has 20 heteroatoms. The number of alkyl halides is 6. The largest absolute Gasteiger partial charge is 0.542 e. The molecule has 1 amide bonds. The topological polar surface area (TPSA) is 258 Å². The molecular weight excluding hydrogens is 492 g/mol. The fourth-order valence-corrected chi connectivity index (χ4v) is 1.45. The molecular formula is C14H25F6N7O7. The molecule has 0 rings (SSSR count). The van der Waals surface area contributed by atoms with E-state index in [4.69, 9.17) is 25.5 Å². The molecule has 0 fully saturated rings. The van der Waals surface area contributed by atoms with Crippen molar-refractivity contribution >= 4 is 23.8 Å². The predicted molar refractivity (Wildman–Crippen MR) is 94.7 cm³/mol. The fourth-order valence-electron chi connectivity index (χ4n) is 1.45. The molecule has 10 N–H and O–H groups in total. The summed E-state index contributed by atoms with van der Waals surface area (Å²) in [6.07, 6.45) is -7.36. The standard InChI is InChI=1S/C10H23N7O3.2C2HF3O2/c11-5-1-2-6-14-9(18)8(12)4-3-7-15-10(13)16-17(19)20;2*3-2(4,5)1(6)7/h8H,1-7,11-12H2,(H,14,18)(H3,13,15,16);2*(H,6,7)/t8-;;/m0../s1. The summed E-state index contributed by atoms with van der Waals surface area (Å²) < 4.78 is 63.1. The van der Waals surface area contributed by atoms with E-state index in [-0.39, 0.29) is 17.9 Å². The van der Waals surface area contributed by atoms with Crippen LogP contribution in [0.3, 0.4) is 0 Å². The Bertz CT molecular complexity index is 650. The van der Waals surface area contributed by atoms with E-state index in [1.165, 1.54) is 0 Å². The SMILES string of the molecule is NC(=NCCC[C@H]([NH3+])C(=O)NCCCC[NH3+])N[N+](=O)[O-].O=C([O-])C(F)(F)F.O=C([O-])C(F)(F)F. The summed E-state index contributed by atoms with van der Waals surface area (Å²) in [7, 11) is 0. The Hall–Kier alpha value is -3.42. The molecule has 200 valence electrons. The minimum Gasteiger partial charge on any atom is -0.542 e. The number of nitro groups is 1. The van der Waals surface area contributed by atoms with Crippen LogP contribution in [0.2, 0.25) is 0 Å². The molecule has 0 unspecified atom stereocenters. The molecule has 0 aliphatic carbocycles. The number of guanidine groups is 1. The number of quaternary nitrogens is 2. The highest BCUT2D eigenvalue weighted by Crippen LogP contribution is 2.12. The van der Waals surface area contributed by atoms with Crippen molar-refractivity contribution in [2.24, 2.45) is 10.7 Å². The molecule has 0 aromatic heterocycles. The minimum absolute atomic E-state index is 0.0885. The van der Waals surface area contributed by atoms with Crippen molar-refractivity contribution in [1.29, 1.82) is 0 Å². The van der Waals surface area contributed by atoms with Crippen molar-refractivity contribution in [1.82, 2.24) is 10.7 Å². The highest BCUT2D eigenvalue weighted by Gasteiger charge is 2.29. The Morgan fingerprint density at radius 1 is 1.00 bits per heavy atom. The van der Waals surface area contributed by atoms with Gasteiger partial charge in [0.25, 0.3) is 11.9 Å². The molecule has 1 atom stereocenters. The molecule has 14 nitrogen and oxygen atoms in total. The van der Waals surface area contributed by atoms with Crippen molar-refractivity contribution in [2.75, 3.05) is 19.6 Å². The summed E-state index contributed by atoms with van der Waals surface area (Å²) in [6.45, 7) is 1.81. The normalized spacial score (nSPS) is 12.2. The van der Waals surface area contributed by atoms with Crippen molar-refractivity contribution in [2.45, 2.75) is 44.1 Å². The molecule has 0 aliphatic heterocycles. The van der Waals surface area contributed by atoms with E-state index in [0.717, 1.165) is 19.4 Å². The first-order chi connectivity index (χ1) is 15.4. The first-order valence-electron chi connectivity index (χ1n) is 9.03. The lowest BCUT2D eigenvalue weighted by Crippen LogP contribution is -2.67. The average Bonchev–Trinajstić information content (AvgIpc) is 2.67. The number of aliphatic imine (C=N–C) groups is 1. The van der Waals surface area contributed by atoms with Crippen molar-refractivity contribution < 1.29 is 67.4 Å². The number of nitrogens with two attached hydrogens (primary N) is 1. The highest BCUT2D eigenvalue weighted by atomic mass is 19.4. The van der Waals surface area contributed by atoms with Crippen molar-refractivity contribution in [3.05, 3.63) is 10.1 Å². The van der Waals surface area contributed by atoms with Crippen LogP contribution in [0, 0.1) is 10.1 Å². The van der Waals surface area contributed by atoms with Gasteiger partial charge < -0.3 is 42.3 Å². The first-order valence-corrected chi connectivity index (χ1v) is 9.03. The Morgan fingerprint density at radius 3 is 1.79 bits per heavy atom. The van der Waals surface area contributed by atoms with E-state index in [1.54, 1.807) is 5.43 Å². The van der Waals surface area contributed by atoms with Crippen LogP contribution in [0.1, 0.15) is 25.7 Å². The highest BCUT2D eigenvalue weighted by molar-refractivity contribution is 5.80. The zero-order valence-corrected chi connectivity index (χ0v) is 17.5. The number of carboxylic acids is 2. The van der Waals surface area contributed by atoms with Gasteiger partial charge in [0.05, 0.1) is 6.54 Å². The third-order valence-corrected chi connectivity index (χ3v) is 3.01. The Balaban J connectivity index is -0.000000558. The van der Waals surface area contributed by atoms with E-state index in [9.17, 15) is 41.3 Å². The van der Waals surface area contributed by atoms with Crippen LogP contribution in [0.25, 0.3) is 0 Å². The summed E-state index contributed by atoms with van der Waals surface area (Å²) in [4.78, 5) is 43.0. The van der Waals surface area contributed by atoms with Gasteiger partial charge in [-0.2, -0.15) is 26.3 Å². The summed E-state index contributed by atoms with van der Waals surface area (Å²) in [5, 5.41) is 29.6. The van der Waals surface area contributed by atoms with Crippen LogP contribution in [-0.2, 0) is 14.4 Å². The zero-order valence-electron chi connectivity index (χ0n) is 17.5. The molecule has 0 aromatic carbocycles. The van der Waals surface area contributed by atoms with Crippen LogP contribution in [0.4, 0.5) is 26.3 Å². The fraction of sp³-hybridized carbons (Fsp3) is 0.714. The maximum Gasteiger partial charge on any atom is 0.430 e. The van der Waals surface area contributed by atoms with Crippen molar-refractivity contribution in [3.8, 4) is 0 Å². The number of aliphatic carboxylic acids is 2. The summed E-state index contributed by atoms with van der Waals surface area (Å²) in [5.74, 6) is -6.34. The summed E-state index contributed by atoms with van der Waals surface area (Å²) in [5.41, 5.74) is 14.5. The Morgan fingerprint density at radius 2 is 1.44 bits per heavy atom. The van der Waals surface area contributed by atoms with Gasteiger partial charge >= 0.3 is 12.4 Å². The maximum absolute atomic E-state index is 11.6. The number of hydrogen-bond donors (Lipinski definition) is 5. The van der Waals surface area contributed by atoms with Gasteiger partial charge in [-0.05, 0) is 19.3 Å². The molecule has 0 aliphatic rings. The van der Waals surface area contributed by atoms with Crippen LogP contribution >= 0.6 is 0 Å². The second-order valence-corrected chi connectivity index (χ2v) is 5.90. The van der Waals surface area contributed by atoms with E-state index in [0.29, 0.717) is 25.9 Å². The van der Waals surface area contributed by atoms with Crippen LogP contribution in [-0.4, -0.2) is 66.9 Å². The van der Waals surface area contributed by atoms with Gasteiger partial charge in [0.2, 0.25) is 0 Å². The lowest BCUT2D eigenvalue weighted by molar-refractivity contribution is -0.525. The smallest absolute Gasteiger partial charge is 0.430 e. The Labute approximate surface area is 187 Å². The number of carbonyl (C=O) groups excluding carboxylic acids is 3. The van der Waals surface area contributed by atoms with Gasteiger partial charge in [-0.3, -0.25) is 4.79 Å². The van der Waals surface area contributed by atoms with E-state index >= 15 is 0 Å². The molecule has 0 saturated heterocycles. The van der Waals surface area contributed by atoms with Crippen molar-refractivity contribution in [3.63, 3.8) is 0 Å². The number of nitrogens with one attached hydrogen (secondary N) is 2. The van der Waals surface area contributed by atoms with Crippen LogP contribution in [0.5, 0.6) is 0 Å². The second kappa shape index (κ2) is 18.1. The number of carboxylic acid groups (broad SMARTS) is 2. The molecule has 0 bridgehead atoms. The number of hydrogen-bond acceptors (Lipinski definition) is 8. The number of halogens is 6. The van der Waals surface area contributed by atoms with E-state index in [2.05, 4.69) is 21.8 Å². The van der Waals surface area contributed by atoms with Gasteiger partial charge in [0.1, 0.15) is 11.9 Å². The van der Waals surface area contributed by atoms with Crippen LogP contribution < -0.4 is 38.2 Å². The lowest BCUT2D eigenvalue weighted by atomic mass is 10.1. The maximum atomic E-state index is 11.6. The average molecular weight is 517 g/mol. The third kappa shape index (κ3) is 24.8. The van der Waals surface area contributed by atoms with Gasteiger partial charge in [-0.25, -0.2) is 15.1 Å². The first kappa shape index (κ1) is 35.2. The van der Waals surface area contributed by atoms with Gasteiger partial charge in [-0.15, -0.1) is 0 Å². The number of nitrogens with zero attached hydrogens (tertiary/aromatic N) is 2. The van der Waals surface area contributed by atoms with Crippen LogP contribution in [0.15, 0.2) is 4.99 Å². The lowest BCUT2D eigenvalue weighted by Gasteiger charge is -2.08. The monoisotopic (exact) mass is 517 g/mol. The van der Waals surface area contributed by atoms with E-state index < -0.39 is 29.3 Å². The summed E-state index contributed by atoms with van der Waals surface area (Å²) >= 11 is 0. The quantitative estimate of drug-likeness (QED) is 0.0464. The minimum atomic E-state index is -5.19. The number of rotatable bonds is 10. The number of carbonyl (C=O) groups is 3. The zero-order chi connectivity index (χ0) is 27.5. The van der Waals surface area contributed by atoms with Gasteiger partial charge in [-0.1, -0.05) is 5.43 Å². The Kier molecular flexibility index (Phi) is 18.7. The molecule has 34 heavy (non-hydrogen) atoms. The van der Waals surface area contributed by atoms with E-state index in [1.807, 2.05) is 0 Å². The van der Waals surface area contributed by atoms with Gasteiger partial charge in [0, 0.05) is 19.5 Å². The third-order valence-electron chi connectivity index (χ3n) is 3.01. The number of unbranched alkanes of at least 4 members (excludes halogenated alkanes) is 1. The number of hydrazine groups is 1. The molecule has 0 saturated carbocycles. The summed E-state index contributed by atoms with van der Waals surface area (Å²) in [6, 6.07) is -0.352. The molecule has 0 heterocycles.